The van der Waals surface area contributed by atoms with E-state index in [0.717, 1.165) is 21.9 Å². The van der Waals surface area contributed by atoms with Crippen molar-refractivity contribution in [2.24, 2.45) is 5.10 Å². The summed E-state index contributed by atoms with van der Waals surface area (Å²) in [6.45, 7) is 3.82. The van der Waals surface area contributed by atoms with Gasteiger partial charge in [0.2, 0.25) is 20.9 Å². The molecule has 0 fully saturated rings. The van der Waals surface area contributed by atoms with Gasteiger partial charge in [-0.1, -0.05) is 41.7 Å². The third kappa shape index (κ3) is 7.27. The van der Waals surface area contributed by atoms with Gasteiger partial charge in [-0.25, -0.2) is 17.8 Å². The number of thiazole rings is 1. The van der Waals surface area contributed by atoms with Crippen molar-refractivity contribution in [3.63, 3.8) is 0 Å². The molecule has 47 heavy (non-hydrogen) atoms. The van der Waals surface area contributed by atoms with Crippen LogP contribution in [0.4, 0.5) is 9.52 Å². The number of nitrogens with zero attached hydrogens (tertiary/aromatic N) is 4. The van der Waals surface area contributed by atoms with Crippen molar-refractivity contribution < 1.29 is 31.8 Å². The first-order valence-corrected chi connectivity index (χ1v) is 16.7. The molecule has 0 saturated heterocycles. The molecule has 10 nitrogen and oxygen atoms in total. The molecular weight excluding hydrogens is 644 g/mol. The SMILES string of the molecule is COc1cc(/C=N/N(C(=O)c2ccc(S(=O)(=O)N(Cc3ccccc3)C(C)C)cc2)c2nc3ccc(F)cc3s2)cc(OC)c1OC. The Bertz CT molecular complexity index is 1990. The van der Waals surface area contributed by atoms with Crippen LogP contribution in [-0.4, -0.2) is 57.2 Å². The van der Waals surface area contributed by atoms with E-state index in [1.807, 2.05) is 44.2 Å². The molecule has 0 aliphatic rings. The predicted octanol–water partition coefficient (Wildman–Crippen LogP) is 6.74. The second-order valence-electron chi connectivity index (χ2n) is 10.6. The fourth-order valence-electron chi connectivity index (χ4n) is 4.80. The lowest BCUT2D eigenvalue weighted by Crippen LogP contribution is -2.36. The molecule has 0 atom stereocenters. The van der Waals surface area contributed by atoms with Gasteiger partial charge in [0.15, 0.2) is 11.5 Å². The number of benzene rings is 4. The topological polar surface area (TPSA) is 111 Å². The standard InChI is InChI=1S/C34H33FN4O6S2/c1-22(2)38(21-23-9-7-6-8-10-23)47(41,42)27-14-11-25(12-15-27)33(40)39(34-37-28-16-13-26(35)19-31(28)46-34)36-20-24-17-29(43-3)32(45-5)30(18-24)44-4/h6-20,22H,21H2,1-5H3/b36-20+. The van der Waals surface area contributed by atoms with E-state index in [2.05, 4.69) is 10.1 Å². The van der Waals surface area contributed by atoms with Crippen molar-refractivity contribution in [2.45, 2.75) is 31.3 Å². The van der Waals surface area contributed by atoms with Crippen LogP contribution in [0.5, 0.6) is 17.2 Å². The fourth-order valence-corrected chi connectivity index (χ4v) is 7.37. The van der Waals surface area contributed by atoms with Crippen LogP contribution in [0.25, 0.3) is 10.2 Å². The van der Waals surface area contributed by atoms with Crippen LogP contribution in [0.1, 0.15) is 35.3 Å². The third-order valence-electron chi connectivity index (χ3n) is 7.19. The smallest absolute Gasteiger partial charge is 0.280 e. The van der Waals surface area contributed by atoms with Crippen molar-refractivity contribution in [1.29, 1.82) is 0 Å². The molecule has 0 unspecified atom stereocenters. The summed E-state index contributed by atoms with van der Waals surface area (Å²) in [7, 11) is 0.562. The number of ether oxygens (including phenoxy) is 3. The van der Waals surface area contributed by atoms with Crippen LogP contribution in [0.3, 0.4) is 0 Å². The number of amides is 1. The van der Waals surface area contributed by atoms with Gasteiger partial charge >= 0.3 is 0 Å². The van der Waals surface area contributed by atoms with Gasteiger partial charge in [-0.05, 0) is 74.0 Å². The molecule has 13 heteroatoms. The lowest BCUT2D eigenvalue weighted by atomic mass is 10.2. The average molecular weight is 677 g/mol. The number of halogens is 1. The van der Waals surface area contributed by atoms with Gasteiger partial charge in [0, 0.05) is 23.7 Å². The second kappa shape index (κ2) is 14.3. The minimum atomic E-state index is -3.90. The van der Waals surface area contributed by atoms with Crippen molar-refractivity contribution in [2.75, 3.05) is 26.3 Å². The molecule has 0 radical (unpaired) electrons. The number of anilines is 1. The van der Waals surface area contributed by atoms with Gasteiger partial charge in [0.25, 0.3) is 5.91 Å². The first-order chi connectivity index (χ1) is 22.5. The van der Waals surface area contributed by atoms with E-state index in [-0.39, 0.29) is 28.2 Å². The maximum absolute atomic E-state index is 14.0. The van der Waals surface area contributed by atoms with Gasteiger partial charge < -0.3 is 14.2 Å². The molecular formula is C34H33FN4O6S2. The molecule has 5 rings (SSSR count). The lowest BCUT2D eigenvalue weighted by Gasteiger charge is -2.26. The molecule has 0 aliphatic heterocycles. The summed E-state index contributed by atoms with van der Waals surface area (Å²) < 4.78 is 59.6. The van der Waals surface area contributed by atoms with E-state index in [1.165, 1.54) is 74.3 Å². The van der Waals surface area contributed by atoms with Crippen LogP contribution < -0.4 is 19.2 Å². The highest BCUT2D eigenvalue weighted by Crippen LogP contribution is 2.38. The molecule has 244 valence electrons. The zero-order chi connectivity index (χ0) is 33.7. The van der Waals surface area contributed by atoms with Crippen LogP contribution >= 0.6 is 11.3 Å². The Kier molecular flexibility index (Phi) is 10.2. The van der Waals surface area contributed by atoms with E-state index < -0.39 is 21.7 Å². The number of rotatable bonds is 12. The minimum Gasteiger partial charge on any atom is -0.493 e. The second-order valence-corrected chi connectivity index (χ2v) is 13.5. The fraction of sp³-hybridized carbons (Fsp3) is 0.206. The van der Waals surface area contributed by atoms with E-state index in [1.54, 1.807) is 12.1 Å². The number of hydrazone groups is 1. The number of sulfonamides is 1. The number of carbonyl (C=O) groups excluding carboxylic acids is 1. The number of aromatic nitrogens is 1. The van der Waals surface area contributed by atoms with E-state index in [9.17, 15) is 17.6 Å². The van der Waals surface area contributed by atoms with Gasteiger partial charge in [-0.3, -0.25) is 4.79 Å². The minimum absolute atomic E-state index is 0.0432. The largest absolute Gasteiger partial charge is 0.493 e. The molecule has 1 aromatic heterocycles. The average Bonchev–Trinajstić information content (AvgIpc) is 3.49. The highest BCUT2D eigenvalue weighted by molar-refractivity contribution is 7.89. The molecule has 0 saturated carbocycles. The highest BCUT2D eigenvalue weighted by atomic mass is 32.2. The van der Waals surface area contributed by atoms with E-state index in [4.69, 9.17) is 14.2 Å². The Balaban J connectivity index is 1.50. The summed E-state index contributed by atoms with van der Waals surface area (Å²) in [5, 5.41) is 5.74. The van der Waals surface area contributed by atoms with E-state index >= 15 is 0 Å². The number of methoxy groups -OCH3 is 3. The first kappa shape index (κ1) is 33.5. The number of fused-ring (bicyclic) bond motifs is 1. The number of hydrogen-bond donors (Lipinski definition) is 0. The summed E-state index contributed by atoms with van der Waals surface area (Å²) in [4.78, 5) is 18.5. The molecule has 0 N–H and O–H groups in total. The normalized spacial score (nSPS) is 11.8. The van der Waals surface area contributed by atoms with Gasteiger partial charge in [-0.2, -0.15) is 14.4 Å². The molecule has 1 heterocycles. The Labute approximate surface area is 276 Å². The monoisotopic (exact) mass is 676 g/mol. The Morgan fingerprint density at radius 2 is 1.60 bits per heavy atom. The van der Waals surface area contributed by atoms with Crippen molar-refractivity contribution in [3.8, 4) is 17.2 Å². The molecule has 5 aromatic rings. The molecule has 0 spiro atoms. The maximum atomic E-state index is 14.0. The predicted molar refractivity (Wildman–Crippen MR) is 181 cm³/mol. The molecule has 1 amide bonds. The van der Waals surface area contributed by atoms with Crippen LogP contribution in [0.15, 0.2) is 94.9 Å². The zero-order valence-corrected chi connectivity index (χ0v) is 28.0. The quantitative estimate of drug-likeness (QED) is 0.106. The third-order valence-corrected chi connectivity index (χ3v) is 10.2. The summed E-state index contributed by atoms with van der Waals surface area (Å²) in [5.41, 5.74) is 2.03. The van der Waals surface area contributed by atoms with Crippen LogP contribution in [0.2, 0.25) is 0 Å². The maximum Gasteiger partial charge on any atom is 0.280 e. The molecule has 0 aliphatic carbocycles. The van der Waals surface area contributed by atoms with Crippen molar-refractivity contribution in [3.05, 3.63) is 107 Å². The van der Waals surface area contributed by atoms with Gasteiger partial charge in [0.1, 0.15) is 5.82 Å². The molecule has 0 bridgehead atoms. The zero-order valence-electron chi connectivity index (χ0n) is 26.4. The number of hydrogen-bond acceptors (Lipinski definition) is 9. The van der Waals surface area contributed by atoms with Crippen molar-refractivity contribution in [1.82, 2.24) is 9.29 Å². The summed E-state index contributed by atoms with van der Waals surface area (Å²) in [6, 6.07) is 22.2. The Hall–Kier alpha value is -4.85. The van der Waals surface area contributed by atoms with E-state index in [0.29, 0.717) is 33.0 Å². The lowest BCUT2D eigenvalue weighted by molar-refractivity contribution is 0.0987. The highest BCUT2D eigenvalue weighted by Gasteiger charge is 2.28. The Morgan fingerprint density at radius 3 is 2.19 bits per heavy atom. The number of carbonyl (C=O) groups is 1. The van der Waals surface area contributed by atoms with Gasteiger partial charge in [-0.15, -0.1) is 0 Å². The van der Waals surface area contributed by atoms with Gasteiger partial charge in [0.05, 0.1) is 42.7 Å². The summed E-state index contributed by atoms with van der Waals surface area (Å²) >= 11 is 1.08. The summed E-state index contributed by atoms with van der Waals surface area (Å²) in [5.74, 6) is 0.151. The van der Waals surface area contributed by atoms with Crippen LogP contribution in [-0.2, 0) is 16.6 Å². The van der Waals surface area contributed by atoms with Crippen molar-refractivity contribution >= 4 is 48.8 Å². The Morgan fingerprint density at radius 1 is 0.936 bits per heavy atom. The molecule has 4 aromatic carbocycles. The summed E-state index contributed by atoms with van der Waals surface area (Å²) in [6.07, 6.45) is 1.43. The first-order valence-electron chi connectivity index (χ1n) is 14.5. The van der Waals surface area contributed by atoms with Crippen LogP contribution in [0, 0.1) is 5.82 Å².